The third-order valence-corrected chi connectivity index (χ3v) is 2.49. The van der Waals surface area contributed by atoms with Crippen molar-refractivity contribution in [3.8, 4) is 0 Å². The first-order chi connectivity index (χ1) is 11.6. The summed E-state index contributed by atoms with van der Waals surface area (Å²) in [6.45, 7) is 8.85. The van der Waals surface area contributed by atoms with Gasteiger partial charge in [0.2, 0.25) is 0 Å². The van der Waals surface area contributed by atoms with Crippen molar-refractivity contribution >= 4 is 11.9 Å². The summed E-state index contributed by atoms with van der Waals surface area (Å²) < 4.78 is 30.8. The molecule has 0 aliphatic carbocycles. The minimum absolute atomic E-state index is 0.0589. The third-order valence-electron chi connectivity index (χ3n) is 2.49. The zero-order chi connectivity index (χ0) is 18.2. The molecular weight excluding hydrogens is 320 g/mol. The summed E-state index contributed by atoms with van der Waals surface area (Å²) in [5.41, 5.74) is 0. The normalized spacial score (nSPS) is 11.4. The molecule has 0 aromatic rings. The zero-order valence-corrected chi connectivity index (χ0v) is 14.8. The highest BCUT2D eigenvalue weighted by molar-refractivity contribution is 5.91. The maximum absolute atomic E-state index is 11.5. The predicted octanol–water partition coefficient (Wildman–Crippen LogP) is 1.43. The molecule has 0 saturated carbocycles. The van der Waals surface area contributed by atoms with E-state index in [1.54, 1.807) is 0 Å². The van der Waals surface area contributed by atoms with E-state index in [1.807, 2.05) is 27.7 Å². The summed E-state index contributed by atoms with van der Waals surface area (Å²) in [5, 5.41) is 0. The largest absolute Gasteiger partial charge is 0.457 e. The SMILES string of the molecule is CCOC(COC(=O)/C=C/C(=O)OCC(OCC)OCC)OCC. The van der Waals surface area contributed by atoms with E-state index >= 15 is 0 Å². The number of esters is 2. The highest BCUT2D eigenvalue weighted by Gasteiger charge is 2.12. The van der Waals surface area contributed by atoms with Crippen LogP contribution in [0, 0.1) is 0 Å². The Morgan fingerprint density at radius 3 is 1.21 bits per heavy atom. The van der Waals surface area contributed by atoms with Crippen molar-refractivity contribution in [3.05, 3.63) is 12.2 Å². The van der Waals surface area contributed by atoms with E-state index in [0.717, 1.165) is 12.2 Å². The Kier molecular flexibility index (Phi) is 14.1. The van der Waals surface area contributed by atoms with Gasteiger partial charge in [-0.3, -0.25) is 0 Å². The molecule has 24 heavy (non-hydrogen) atoms. The van der Waals surface area contributed by atoms with Crippen molar-refractivity contribution in [2.75, 3.05) is 39.6 Å². The average molecular weight is 348 g/mol. The molecule has 0 rings (SSSR count). The summed E-state index contributed by atoms with van der Waals surface area (Å²) in [6.07, 6.45) is 0.714. The second kappa shape index (κ2) is 15.1. The van der Waals surface area contributed by atoms with Crippen LogP contribution in [0.3, 0.4) is 0 Å². The van der Waals surface area contributed by atoms with Gasteiger partial charge in [-0.25, -0.2) is 9.59 Å². The quantitative estimate of drug-likeness (QED) is 0.265. The molecule has 0 saturated heterocycles. The first-order valence-electron chi connectivity index (χ1n) is 8.05. The van der Waals surface area contributed by atoms with Crippen molar-refractivity contribution in [1.82, 2.24) is 0 Å². The molecule has 0 aliphatic rings. The molecule has 0 amide bonds. The second-order valence-corrected chi connectivity index (χ2v) is 4.27. The first-order valence-corrected chi connectivity index (χ1v) is 8.05. The van der Waals surface area contributed by atoms with Crippen molar-refractivity contribution in [2.24, 2.45) is 0 Å². The molecule has 0 unspecified atom stereocenters. The molecule has 0 spiro atoms. The predicted molar refractivity (Wildman–Crippen MR) is 85.1 cm³/mol. The van der Waals surface area contributed by atoms with Gasteiger partial charge in [-0.2, -0.15) is 0 Å². The molecule has 0 aromatic carbocycles. The van der Waals surface area contributed by atoms with E-state index in [1.165, 1.54) is 0 Å². The maximum atomic E-state index is 11.5. The van der Waals surface area contributed by atoms with Crippen molar-refractivity contribution in [3.63, 3.8) is 0 Å². The second-order valence-electron chi connectivity index (χ2n) is 4.27. The van der Waals surface area contributed by atoms with Gasteiger partial charge in [0, 0.05) is 38.6 Å². The van der Waals surface area contributed by atoms with E-state index in [-0.39, 0.29) is 13.2 Å². The van der Waals surface area contributed by atoms with Gasteiger partial charge >= 0.3 is 11.9 Å². The maximum Gasteiger partial charge on any atom is 0.331 e. The molecule has 0 aliphatic heterocycles. The molecule has 0 aromatic heterocycles. The third kappa shape index (κ3) is 12.0. The van der Waals surface area contributed by atoms with Crippen LogP contribution in [0.15, 0.2) is 12.2 Å². The Morgan fingerprint density at radius 1 is 0.667 bits per heavy atom. The van der Waals surface area contributed by atoms with Gasteiger partial charge in [-0.15, -0.1) is 0 Å². The Hall–Kier alpha value is -1.48. The van der Waals surface area contributed by atoms with E-state index < -0.39 is 24.5 Å². The molecule has 8 nitrogen and oxygen atoms in total. The van der Waals surface area contributed by atoms with E-state index in [4.69, 9.17) is 28.4 Å². The molecule has 0 radical (unpaired) electrons. The van der Waals surface area contributed by atoms with Crippen LogP contribution in [0.4, 0.5) is 0 Å². The summed E-state index contributed by atoms with van der Waals surface area (Å²) in [5.74, 6) is -1.38. The molecule has 140 valence electrons. The number of hydrogen-bond donors (Lipinski definition) is 0. The fourth-order valence-corrected chi connectivity index (χ4v) is 1.56. The highest BCUT2D eigenvalue weighted by Crippen LogP contribution is 1.99. The lowest BCUT2D eigenvalue weighted by Crippen LogP contribution is -2.25. The van der Waals surface area contributed by atoms with Gasteiger partial charge in [0.05, 0.1) is 0 Å². The van der Waals surface area contributed by atoms with Crippen LogP contribution in [0.2, 0.25) is 0 Å². The number of ether oxygens (including phenoxy) is 6. The highest BCUT2D eigenvalue weighted by atomic mass is 16.7. The zero-order valence-electron chi connectivity index (χ0n) is 14.8. The van der Waals surface area contributed by atoms with E-state index in [0.29, 0.717) is 26.4 Å². The van der Waals surface area contributed by atoms with Gasteiger partial charge < -0.3 is 28.4 Å². The monoisotopic (exact) mass is 348 g/mol. The van der Waals surface area contributed by atoms with E-state index in [9.17, 15) is 9.59 Å². The van der Waals surface area contributed by atoms with Crippen molar-refractivity contribution < 1.29 is 38.0 Å². The van der Waals surface area contributed by atoms with Crippen molar-refractivity contribution in [1.29, 1.82) is 0 Å². The standard InChI is InChI=1S/C16H28O8/c1-5-19-15(20-6-2)11-23-13(17)9-10-14(18)24-12-16(21-7-3)22-8-4/h9-10,15-16H,5-8,11-12H2,1-4H3/b10-9+. The molecule has 8 heteroatoms. The number of hydrogen-bond acceptors (Lipinski definition) is 8. The van der Waals surface area contributed by atoms with Gasteiger partial charge in [-0.05, 0) is 27.7 Å². The fraction of sp³-hybridized carbons (Fsp3) is 0.750. The first kappa shape index (κ1) is 22.5. The summed E-state index contributed by atoms with van der Waals surface area (Å²) >= 11 is 0. The topological polar surface area (TPSA) is 89.5 Å². The Labute approximate surface area is 143 Å². The average Bonchev–Trinajstić information content (AvgIpc) is 2.56. The van der Waals surface area contributed by atoms with Crippen molar-refractivity contribution in [2.45, 2.75) is 40.3 Å². The number of carbonyl (C=O) groups excluding carboxylic acids is 2. The smallest absolute Gasteiger partial charge is 0.331 e. The number of rotatable bonds is 14. The molecule has 0 heterocycles. The van der Waals surface area contributed by atoms with Crippen LogP contribution in [0.25, 0.3) is 0 Å². The van der Waals surface area contributed by atoms with E-state index in [2.05, 4.69) is 0 Å². The minimum Gasteiger partial charge on any atom is -0.457 e. The lowest BCUT2D eigenvalue weighted by atomic mass is 10.5. The Bertz CT molecular complexity index is 323. The molecular formula is C16H28O8. The minimum atomic E-state index is -0.692. The van der Waals surface area contributed by atoms with Crippen LogP contribution in [0.5, 0.6) is 0 Å². The van der Waals surface area contributed by atoms with Gasteiger partial charge in [0.25, 0.3) is 0 Å². The molecule has 0 atom stereocenters. The van der Waals surface area contributed by atoms with Gasteiger partial charge in [0.15, 0.2) is 12.6 Å². The summed E-state index contributed by atoms with van der Waals surface area (Å²) in [6, 6.07) is 0. The van der Waals surface area contributed by atoms with Crippen LogP contribution < -0.4 is 0 Å². The Balaban J connectivity index is 4.12. The van der Waals surface area contributed by atoms with Crippen LogP contribution in [0.1, 0.15) is 27.7 Å². The molecule has 0 fully saturated rings. The molecule has 0 bridgehead atoms. The van der Waals surface area contributed by atoms with Crippen LogP contribution >= 0.6 is 0 Å². The van der Waals surface area contributed by atoms with Gasteiger partial charge in [0.1, 0.15) is 13.2 Å². The van der Waals surface area contributed by atoms with Crippen LogP contribution in [-0.2, 0) is 38.0 Å². The van der Waals surface area contributed by atoms with Crippen LogP contribution in [-0.4, -0.2) is 64.2 Å². The Morgan fingerprint density at radius 2 is 0.958 bits per heavy atom. The molecule has 0 N–H and O–H groups in total. The summed E-state index contributed by atoms with van der Waals surface area (Å²) in [4.78, 5) is 23.1. The summed E-state index contributed by atoms with van der Waals surface area (Å²) in [7, 11) is 0. The van der Waals surface area contributed by atoms with Gasteiger partial charge in [-0.1, -0.05) is 0 Å². The lowest BCUT2D eigenvalue weighted by Gasteiger charge is -2.16. The number of carbonyl (C=O) groups is 2. The fourth-order valence-electron chi connectivity index (χ4n) is 1.56. The lowest BCUT2D eigenvalue weighted by molar-refractivity contribution is -0.177.